The average molecular weight is 211 g/mol. The molecule has 0 radical (unpaired) electrons. The summed E-state index contributed by atoms with van der Waals surface area (Å²) in [6, 6.07) is 4.70. The van der Waals surface area contributed by atoms with Crippen LogP contribution >= 0.6 is 0 Å². The Balaban J connectivity index is 2.90. The number of hydrogen-bond acceptors (Lipinski definition) is 2. The first-order valence-corrected chi connectivity index (χ1v) is 5.06. The van der Waals surface area contributed by atoms with Crippen LogP contribution in [0.15, 0.2) is 18.2 Å². The zero-order valence-corrected chi connectivity index (χ0v) is 9.63. The number of nitrogens with one attached hydrogen (secondary N) is 1. The molecule has 15 heavy (non-hydrogen) atoms. The molecule has 0 bridgehead atoms. The molecular weight excluding hydrogens is 193 g/mol. The van der Waals surface area contributed by atoms with E-state index in [2.05, 4.69) is 5.32 Å². The summed E-state index contributed by atoms with van der Waals surface area (Å²) in [5, 5.41) is 12.7. The van der Waals surface area contributed by atoms with Crippen molar-refractivity contribution in [2.75, 3.05) is 5.32 Å². The Morgan fingerprint density at radius 1 is 1.40 bits per heavy atom. The molecule has 0 aliphatic rings. The molecule has 0 saturated carbocycles. The van der Waals surface area contributed by atoms with Crippen LogP contribution in [0.2, 0.25) is 0 Å². The smallest absolute Gasteiger partial charge is 0.146 e. The minimum absolute atomic E-state index is 0.215. The number of anilines is 1. The highest BCUT2D eigenvalue weighted by atomic mass is 19.1. The lowest BCUT2D eigenvalue weighted by Crippen LogP contribution is -2.39. The molecule has 0 fully saturated rings. The van der Waals surface area contributed by atoms with Gasteiger partial charge < -0.3 is 10.4 Å². The van der Waals surface area contributed by atoms with Crippen molar-refractivity contribution in [3.8, 4) is 0 Å². The van der Waals surface area contributed by atoms with Crippen molar-refractivity contribution in [2.24, 2.45) is 0 Å². The number of hydrogen-bond donors (Lipinski definition) is 2. The van der Waals surface area contributed by atoms with E-state index in [-0.39, 0.29) is 11.9 Å². The second-order valence-corrected chi connectivity index (χ2v) is 4.45. The van der Waals surface area contributed by atoms with Gasteiger partial charge in [-0.05, 0) is 39.3 Å². The molecule has 0 spiro atoms. The highest BCUT2D eigenvalue weighted by Gasteiger charge is 2.23. The van der Waals surface area contributed by atoms with E-state index in [1.54, 1.807) is 19.9 Å². The van der Waals surface area contributed by atoms with Crippen LogP contribution in [0.1, 0.15) is 26.3 Å². The molecule has 0 amide bonds. The Hall–Kier alpha value is -1.09. The maximum atomic E-state index is 13.5. The van der Waals surface area contributed by atoms with Crippen molar-refractivity contribution in [1.29, 1.82) is 0 Å². The van der Waals surface area contributed by atoms with Gasteiger partial charge in [-0.3, -0.25) is 0 Å². The maximum Gasteiger partial charge on any atom is 0.146 e. The molecule has 0 saturated heterocycles. The normalized spacial score (nSPS) is 13.7. The molecule has 0 aliphatic heterocycles. The first-order valence-electron chi connectivity index (χ1n) is 5.06. The Kier molecular flexibility index (Phi) is 3.35. The van der Waals surface area contributed by atoms with Gasteiger partial charge in [0.2, 0.25) is 0 Å². The zero-order valence-electron chi connectivity index (χ0n) is 9.63. The predicted octanol–water partition coefficient (Wildman–Crippen LogP) is 2.71. The van der Waals surface area contributed by atoms with Crippen molar-refractivity contribution in [2.45, 2.75) is 39.3 Å². The minimum atomic E-state index is -0.880. The van der Waals surface area contributed by atoms with Gasteiger partial charge in [0.15, 0.2) is 0 Å². The molecular formula is C12H18FNO. The van der Waals surface area contributed by atoms with Crippen LogP contribution in [0.3, 0.4) is 0 Å². The third-order valence-corrected chi connectivity index (χ3v) is 2.64. The Morgan fingerprint density at radius 3 is 2.47 bits per heavy atom. The van der Waals surface area contributed by atoms with E-state index in [9.17, 15) is 9.50 Å². The van der Waals surface area contributed by atoms with Crippen molar-refractivity contribution < 1.29 is 9.50 Å². The summed E-state index contributed by atoms with van der Waals surface area (Å²) < 4.78 is 13.5. The minimum Gasteiger partial charge on any atom is -0.388 e. The quantitative estimate of drug-likeness (QED) is 0.805. The molecule has 1 atom stereocenters. The zero-order chi connectivity index (χ0) is 11.6. The third-order valence-electron chi connectivity index (χ3n) is 2.64. The van der Waals surface area contributed by atoms with Crippen LogP contribution in [0.5, 0.6) is 0 Å². The van der Waals surface area contributed by atoms with Crippen molar-refractivity contribution in [3.05, 3.63) is 29.6 Å². The van der Waals surface area contributed by atoms with Crippen LogP contribution in [0.4, 0.5) is 10.1 Å². The van der Waals surface area contributed by atoms with Gasteiger partial charge in [-0.2, -0.15) is 0 Å². The number of para-hydroxylation sites is 1. The van der Waals surface area contributed by atoms with Gasteiger partial charge in [0.25, 0.3) is 0 Å². The first kappa shape index (κ1) is 12.0. The summed E-state index contributed by atoms with van der Waals surface area (Å²) in [5.74, 6) is -0.286. The summed E-state index contributed by atoms with van der Waals surface area (Å²) in [4.78, 5) is 0. The molecule has 1 aromatic rings. The van der Waals surface area contributed by atoms with Crippen molar-refractivity contribution >= 4 is 5.69 Å². The fourth-order valence-corrected chi connectivity index (χ4v) is 1.21. The van der Waals surface area contributed by atoms with E-state index >= 15 is 0 Å². The fraction of sp³-hybridized carbons (Fsp3) is 0.500. The molecule has 84 valence electrons. The average Bonchev–Trinajstić information content (AvgIpc) is 2.09. The monoisotopic (exact) mass is 211 g/mol. The standard InChI is InChI=1S/C12H18FNO/c1-8-6-5-7-10(13)11(8)14-9(2)12(3,4)15/h5-7,9,14-15H,1-4H3. The van der Waals surface area contributed by atoms with Gasteiger partial charge in [-0.25, -0.2) is 4.39 Å². The second-order valence-electron chi connectivity index (χ2n) is 4.45. The number of halogens is 1. The summed E-state index contributed by atoms with van der Waals surface area (Å²) in [5.41, 5.74) is 0.424. The highest BCUT2D eigenvalue weighted by molar-refractivity contribution is 5.52. The predicted molar refractivity (Wildman–Crippen MR) is 60.5 cm³/mol. The fourth-order valence-electron chi connectivity index (χ4n) is 1.21. The van der Waals surface area contributed by atoms with Gasteiger partial charge in [0, 0.05) is 0 Å². The van der Waals surface area contributed by atoms with Gasteiger partial charge >= 0.3 is 0 Å². The SMILES string of the molecule is Cc1cccc(F)c1NC(C)C(C)(C)O. The number of benzene rings is 1. The summed E-state index contributed by atoms with van der Waals surface area (Å²) in [6.07, 6.45) is 0. The summed E-state index contributed by atoms with van der Waals surface area (Å²) >= 11 is 0. The molecule has 0 heterocycles. The molecule has 2 nitrogen and oxygen atoms in total. The van der Waals surface area contributed by atoms with E-state index in [1.165, 1.54) is 6.07 Å². The van der Waals surface area contributed by atoms with E-state index in [0.29, 0.717) is 5.69 Å². The number of aliphatic hydroxyl groups is 1. The molecule has 0 aromatic heterocycles. The van der Waals surface area contributed by atoms with Crippen molar-refractivity contribution in [1.82, 2.24) is 0 Å². The van der Waals surface area contributed by atoms with Crippen LogP contribution in [-0.4, -0.2) is 16.7 Å². The van der Waals surface area contributed by atoms with E-state index < -0.39 is 5.60 Å². The van der Waals surface area contributed by atoms with E-state index in [1.807, 2.05) is 19.9 Å². The molecule has 3 heteroatoms. The molecule has 1 unspecified atom stereocenters. The van der Waals surface area contributed by atoms with Gasteiger partial charge in [0.05, 0.1) is 17.3 Å². The number of aryl methyl sites for hydroxylation is 1. The Labute approximate surface area is 90.1 Å². The Morgan fingerprint density at radius 2 is 2.00 bits per heavy atom. The lowest BCUT2D eigenvalue weighted by molar-refractivity contribution is 0.0648. The second kappa shape index (κ2) is 4.19. The Bertz CT molecular complexity index is 324. The lowest BCUT2D eigenvalue weighted by atomic mass is 10.00. The molecule has 0 aliphatic carbocycles. The van der Waals surface area contributed by atoms with Crippen LogP contribution in [0.25, 0.3) is 0 Å². The first-order chi connectivity index (χ1) is 6.82. The van der Waals surface area contributed by atoms with E-state index in [4.69, 9.17) is 0 Å². The highest BCUT2D eigenvalue weighted by Crippen LogP contribution is 2.22. The van der Waals surface area contributed by atoms with E-state index in [0.717, 1.165) is 5.56 Å². The number of rotatable bonds is 3. The van der Waals surface area contributed by atoms with Crippen LogP contribution < -0.4 is 5.32 Å². The lowest BCUT2D eigenvalue weighted by Gasteiger charge is -2.28. The van der Waals surface area contributed by atoms with Crippen LogP contribution in [-0.2, 0) is 0 Å². The molecule has 1 rings (SSSR count). The third kappa shape index (κ3) is 2.93. The van der Waals surface area contributed by atoms with Gasteiger partial charge in [0.1, 0.15) is 5.82 Å². The topological polar surface area (TPSA) is 32.3 Å². The summed E-state index contributed by atoms with van der Waals surface area (Å²) in [7, 11) is 0. The van der Waals surface area contributed by atoms with Crippen LogP contribution in [0, 0.1) is 12.7 Å². The summed E-state index contributed by atoms with van der Waals surface area (Å²) in [6.45, 7) is 7.05. The molecule has 1 aromatic carbocycles. The van der Waals surface area contributed by atoms with Gasteiger partial charge in [-0.15, -0.1) is 0 Å². The molecule has 2 N–H and O–H groups in total. The van der Waals surface area contributed by atoms with Gasteiger partial charge in [-0.1, -0.05) is 12.1 Å². The maximum absolute atomic E-state index is 13.5. The largest absolute Gasteiger partial charge is 0.388 e. The van der Waals surface area contributed by atoms with Crippen molar-refractivity contribution in [3.63, 3.8) is 0 Å².